The van der Waals surface area contributed by atoms with E-state index in [2.05, 4.69) is 20.3 Å². The van der Waals surface area contributed by atoms with Crippen molar-refractivity contribution in [2.45, 2.75) is 13.5 Å². The van der Waals surface area contributed by atoms with Crippen LogP contribution in [-0.4, -0.2) is 33.8 Å². The first kappa shape index (κ1) is 15.5. The molecule has 0 unspecified atom stereocenters. The number of thiazole rings is 1. The molecule has 0 spiro atoms. The van der Waals surface area contributed by atoms with Gasteiger partial charge in [0.05, 0.1) is 6.54 Å². The van der Waals surface area contributed by atoms with Gasteiger partial charge in [0, 0.05) is 18.1 Å². The number of hydrogen-bond donors (Lipinski definition) is 1. The second kappa shape index (κ2) is 6.14. The minimum atomic E-state index is -0.157. The highest BCUT2D eigenvalue weighted by Crippen LogP contribution is 2.20. The molecule has 8 heteroatoms. The molecule has 0 fully saturated rings. The molecular formula is C17H15N5O2S. The Kier molecular flexibility index (Phi) is 3.81. The summed E-state index contributed by atoms with van der Waals surface area (Å²) in [5, 5.41) is 6.11. The largest absolute Gasteiger partial charge is 0.443 e. The van der Waals surface area contributed by atoms with Crippen molar-refractivity contribution >= 4 is 40.4 Å². The van der Waals surface area contributed by atoms with Crippen LogP contribution in [0.5, 0.6) is 0 Å². The Hall–Kier alpha value is -3.00. The normalized spacial score (nSPS) is 16.1. The summed E-state index contributed by atoms with van der Waals surface area (Å²) < 4.78 is 5.29. The molecule has 1 aromatic carbocycles. The number of amides is 1. The Bertz CT molecular complexity index is 1020. The summed E-state index contributed by atoms with van der Waals surface area (Å²) in [7, 11) is 1.70. The van der Waals surface area contributed by atoms with Gasteiger partial charge in [-0.05, 0) is 30.7 Å². The number of carbonyl (C=O) groups excluding carboxylic acids is 1. The van der Waals surface area contributed by atoms with Crippen LogP contribution < -0.4 is 5.32 Å². The standard InChI is InChI=1S/C17H15N5O2S/c1-10-8-25-15(20-10)7-18-17-21-13(16(23)22(17)2)5-11-3-4-12-14(6-11)24-9-19-12/h3-6,8-9H,7H2,1-2H3,(H,18,21)/b13-5-. The fourth-order valence-electron chi connectivity index (χ4n) is 2.51. The first-order valence-electron chi connectivity index (χ1n) is 7.67. The smallest absolute Gasteiger partial charge is 0.279 e. The molecule has 2 aromatic heterocycles. The second-order valence-corrected chi connectivity index (χ2v) is 6.59. The number of hydrogen-bond acceptors (Lipinski definition) is 7. The van der Waals surface area contributed by atoms with Gasteiger partial charge in [0.2, 0.25) is 5.96 Å². The van der Waals surface area contributed by atoms with Crippen molar-refractivity contribution in [3.8, 4) is 0 Å². The van der Waals surface area contributed by atoms with Gasteiger partial charge in [-0.1, -0.05) is 6.07 Å². The first-order chi connectivity index (χ1) is 12.1. The molecule has 3 heterocycles. The number of nitrogens with zero attached hydrogens (tertiary/aromatic N) is 4. The Morgan fingerprint density at radius 3 is 3.08 bits per heavy atom. The van der Waals surface area contributed by atoms with E-state index in [1.807, 2.05) is 30.5 Å². The number of aromatic nitrogens is 2. The molecule has 25 heavy (non-hydrogen) atoms. The lowest BCUT2D eigenvalue weighted by Crippen LogP contribution is -2.37. The van der Waals surface area contributed by atoms with Gasteiger partial charge in [0.1, 0.15) is 16.2 Å². The quantitative estimate of drug-likeness (QED) is 0.732. The number of rotatable bonds is 3. The summed E-state index contributed by atoms with van der Waals surface area (Å²) in [6, 6.07) is 5.56. The van der Waals surface area contributed by atoms with Crippen LogP contribution in [-0.2, 0) is 11.3 Å². The lowest BCUT2D eigenvalue weighted by molar-refractivity contribution is -0.121. The van der Waals surface area contributed by atoms with E-state index in [4.69, 9.17) is 4.42 Å². The second-order valence-electron chi connectivity index (χ2n) is 5.64. The van der Waals surface area contributed by atoms with Crippen molar-refractivity contribution in [2.24, 2.45) is 4.99 Å². The Morgan fingerprint density at radius 2 is 2.28 bits per heavy atom. The number of nitrogens with one attached hydrogen (secondary N) is 1. The zero-order valence-corrected chi connectivity index (χ0v) is 14.5. The molecule has 7 nitrogen and oxygen atoms in total. The van der Waals surface area contributed by atoms with Crippen LogP contribution in [0.1, 0.15) is 16.3 Å². The zero-order valence-electron chi connectivity index (χ0n) is 13.7. The minimum absolute atomic E-state index is 0.157. The molecule has 0 bridgehead atoms. The number of guanidine groups is 1. The van der Waals surface area contributed by atoms with Crippen LogP contribution in [0.2, 0.25) is 0 Å². The van der Waals surface area contributed by atoms with Crippen molar-refractivity contribution in [3.05, 3.63) is 51.9 Å². The third kappa shape index (κ3) is 3.03. The number of benzene rings is 1. The molecule has 1 amide bonds. The molecule has 1 N–H and O–H groups in total. The fourth-order valence-corrected chi connectivity index (χ4v) is 3.23. The summed E-state index contributed by atoms with van der Waals surface area (Å²) >= 11 is 1.58. The van der Waals surface area contributed by atoms with E-state index < -0.39 is 0 Å². The lowest BCUT2D eigenvalue weighted by atomic mass is 10.1. The van der Waals surface area contributed by atoms with E-state index in [0.717, 1.165) is 21.8 Å². The van der Waals surface area contributed by atoms with Gasteiger partial charge in [-0.2, -0.15) is 0 Å². The summed E-state index contributed by atoms with van der Waals surface area (Å²) in [6.45, 7) is 2.49. The summed E-state index contributed by atoms with van der Waals surface area (Å²) in [6.07, 6.45) is 3.14. The predicted molar refractivity (Wildman–Crippen MR) is 95.9 cm³/mol. The maximum absolute atomic E-state index is 12.4. The van der Waals surface area contributed by atoms with Crippen molar-refractivity contribution in [1.82, 2.24) is 20.2 Å². The van der Waals surface area contributed by atoms with Gasteiger partial charge >= 0.3 is 0 Å². The highest BCUT2D eigenvalue weighted by atomic mass is 32.1. The van der Waals surface area contributed by atoms with Crippen LogP contribution in [0, 0.1) is 6.92 Å². The molecule has 4 rings (SSSR count). The van der Waals surface area contributed by atoms with E-state index in [0.29, 0.717) is 23.8 Å². The highest BCUT2D eigenvalue weighted by molar-refractivity contribution is 7.09. The van der Waals surface area contributed by atoms with Crippen molar-refractivity contribution in [3.63, 3.8) is 0 Å². The number of carbonyl (C=O) groups is 1. The maximum Gasteiger partial charge on any atom is 0.279 e. The zero-order chi connectivity index (χ0) is 17.4. The summed E-state index contributed by atoms with van der Waals surface area (Å²) in [4.78, 5) is 26.8. The number of likely N-dealkylation sites (N-methyl/N-ethyl adjacent to an activating group) is 1. The molecule has 1 aliphatic rings. The van der Waals surface area contributed by atoms with Gasteiger partial charge in [0.15, 0.2) is 12.0 Å². The molecule has 0 aliphatic carbocycles. The third-order valence-electron chi connectivity index (χ3n) is 3.79. The van der Waals surface area contributed by atoms with E-state index in [-0.39, 0.29) is 5.91 Å². The van der Waals surface area contributed by atoms with Gasteiger partial charge in [0.25, 0.3) is 5.91 Å². The Labute approximate surface area is 147 Å². The fraction of sp³-hybridized carbons (Fsp3) is 0.176. The van der Waals surface area contributed by atoms with Crippen LogP contribution in [0.4, 0.5) is 0 Å². The first-order valence-corrected chi connectivity index (χ1v) is 8.55. The van der Waals surface area contributed by atoms with Gasteiger partial charge < -0.3 is 9.73 Å². The minimum Gasteiger partial charge on any atom is -0.443 e. The van der Waals surface area contributed by atoms with Crippen LogP contribution in [0.25, 0.3) is 17.2 Å². The highest BCUT2D eigenvalue weighted by Gasteiger charge is 2.26. The average molecular weight is 353 g/mol. The number of oxazole rings is 1. The number of fused-ring (bicyclic) bond motifs is 1. The molecule has 0 atom stereocenters. The van der Waals surface area contributed by atoms with E-state index in [9.17, 15) is 4.79 Å². The Balaban J connectivity index is 1.56. The molecule has 0 saturated carbocycles. The topological polar surface area (TPSA) is 83.6 Å². The van der Waals surface area contributed by atoms with Crippen LogP contribution in [0.3, 0.4) is 0 Å². The number of aliphatic imine (C=N–C) groups is 1. The van der Waals surface area contributed by atoms with Gasteiger partial charge in [-0.25, -0.2) is 15.0 Å². The van der Waals surface area contributed by atoms with E-state index in [1.165, 1.54) is 11.3 Å². The lowest BCUT2D eigenvalue weighted by Gasteiger charge is -2.12. The number of aryl methyl sites for hydroxylation is 1. The molecule has 0 saturated heterocycles. The molecule has 126 valence electrons. The Morgan fingerprint density at radius 1 is 1.40 bits per heavy atom. The summed E-state index contributed by atoms with van der Waals surface area (Å²) in [5.41, 5.74) is 3.65. The van der Waals surface area contributed by atoms with Gasteiger partial charge in [-0.15, -0.1) is 11.3 Å². The monoisotopic (exact) mass is 353 g/mol. The van der Waals surface area contributed by atoms with Crippen molar-refractivity contribution in [1.29, 1.82) is 0 Å². The van der Waals surface area contributed by atoms with E-state index >= 15 is 0 Å². The summed E-state index contributed by atoms with van der Waals surface area (Å²) in [5.74, 6) is 0.361. The average Bonchev–Trinajstić information content (AvgIpc) is 3.29. The molecule has 1 aliphatic heterocycles. The van der Waals surface area contributed by atoms with E-state index in [1.54, 1.807) is 24.5 Å². The van der Waals surface area contributed by atoms with Crippen molar-refractivity contribution < 1.29 is 9.21 Å². The van der Waals surface area contributed by atoms with Crippen molar-refractivity contribution in [2.75, 3.05) is 7.05 Å². The molecule has 0 radical (unpaired) electrons. The predicted octanol–water partition coefficient (Wildman–Crippen LogP) is 2.55. The molecule has 3 aromatic rings. The van der Waals surface area contributed by atoms with Gasteiger partial charge in [-0.3, -0.25) is 9.69 Å². The maximum atomic E-state index is 12.4. The molecular weight excluding hydrogens is 338 g/mol. The van der Waals surface area contributed by atoms with Crippen LogP contribution >= 0.6 is 11.3 Å². The van der Waals surface area contributed by atoms with Crippen LogP contribution in [0.15, 0.2) is 45.1 Å². The third-order valence-corrected chi connectivity index (χ3v) is 4.76. The SMILES string of the molecule is Cc1csc(CNC2=N/C(=C\c3ccc4ncoc4c3)C(=O)N2C)n1.